The average molecular weight is 387 g/mol. The van der Waals surface area contributed by atoms with E-state index in [4.69, 9.17) is 15.2 Å². The zero-order valence-electron chi connectivity index (χ0n) is 17.2. The summed E-state index contributed by atoms with van der Waals surface area (Å²) in [5.41, 5.74) is 9.24. The van der Waals surface area contributed by atoms with Crippen molar-refractivity contribution in [3.05, 3.63) is 24.5 Å². The molecule has 152 valence electrons. The number of aromatic nitrogens is 2. The number of piperazine rings is 1. The summed E-state index contributed by atoms with van der Waals surface area (Å²) >= 11 is 0. The number of nitrogens with zero attached hydrogens (tertiary/aromatic N) is 4. The van der Waals surface area contributed by atoms with Gasteiger partial charge in [-0.3, -0.25) is 4.68 Å². The fourth-order valence-corrected chi connectivity index (χ4v) is 3.27. The van der Waals surface area contributed by atoms with Crippen molar-refractivity contribution in [1.82, 2.24) is 14.7 Å². The van der Waals surface area contributed by atoms with Gasteiger partial charge in [-0.2, -0.15) is 5.10 Å². The van der Waals surface area contributed by atoms with Crippen LogP contribution in [0.1, 0.15) is 20.8 Å². The molecule has 0 unspecified atom stereocenters. The number of hydrogen-bond donors (Lipinski definition) is 1. The Balaban J connectivity index is 1.83. The monoisotopic (exact) mass is 387 g/mol. The van der Waals surface area contributed by atoms with Crippen molar-refractivity contribution >= 4 is 17.5 Å². The van der Waals surface area contributed by atoms with Crippen molar-refractivity contribution in [3.8, 4) is 16.9 Å². The van der Waals surface area contributed by atoms with Gasteiger partial charge in [-0.05, 0) is 26.8 Å². The largest absolute Gasteiger partial charge is 0.495 e. The lowest BCUT2D eigenvalue weighted by Gasteiger charge is -2.37. The van der Waals surface area contributed by atoms with E-state index in [0.717, 1.165) is 16.8 Å². The number of anilines is 2. The SMILES string of the molecule is COc1cc(N2CCN(C(=O)OC(C)(C)C)CC2)c(-c2cnn(C)c2)cc1N. The van der Waals surface area contributed by atoms with E-state index in [9.17, 15) is 4.79 Å². The molecule has 0 bridgehead atoms. The first kappa shape index (κ1) is 19.9. The fraction of sp³-hybridized carbons (Fsp3) is 0.500. The van der Waals surface area contributed by atoms with Crippen LogP contribution in [0.25, 0.3) is 11.1 Å². The Labute approximate surface area is 165 Å². The van der Waals surface area contributed by atoms with Crippen molar-refractivity contribution in [2.24, 2.45) is 7.05 Å². The molecule has 1 fully saturated rings. The molecule has 2 heterocycles. The van der Waals surface area contributed by atoms with Crippen LogP contribution in [0.4, 0.5) is 16.2 Å². The highest BCUT2D eigenvalue weighted by molar-refractivity contribution is 5.84. The Kier molecular flexibility index (Phi) is 5.40. The molecular weight excluding hydrogens is 358 g/mol. The summed E-state index contributed by atoms with van der Waals surface area (Å²) in [5, 5.41) is 4.28. The highest BCUT2D eigenvalue weighted by atomic mass is 16.6. The minimum atomic E-state index is -0.494. The van der Waals surface area contributed by atoms with Gasteiger partial charge in [0.25, 0.3) is 0 Å². The minimum absolute atomic E-state index is 0.269. The molecule has 0 aliphatic carbocycles. The number of ether oxygens (including phenoxy) is 2. The Bertz CT molecular complexity index is 848. The second-order valence-electron chi connectivity index (χ2n) is 7.97. The van der Waals surface area contributed by atoms with Crippen LogP contribution in [0.15, 0.2) is 24.5 Å². The molecule has 0 saturated carbocycles. The van der Waals surface area contributed by atoms with Crippen LogP contribution in [-0.2, 0) is 11.8 Å². The number of aryl methyl sites for hydroxylation is 1. The quantitative estimate of drug-likeness (QED) is 0.815. The normalized spacial score (nSPS) is 14.9. The maximum Gasteiger partial charge on any atom is 0.410 e. The van der Waals surface area contributed by atoms with E-state index in [2.05, 4.69) is 10.00 Å². The van der Waals surface area contributed by atoms with Gasteiger partial charge in [0.15, 0.2) is 0 Å². The molecule has 1 amide bonds. The third-order valence-corrected chi connectivity index (χ3v) is 4.64. The van der Waals surface area contributed by atoms with E-state index in [0.29, 0.717) is 37.6 Å². The van der Waals surface area contributed by atoms with Crippen molar-refractivity contribution in [1.29, 1.82) is 0 Å². The number of carbonyl (C=O) groups is 1. The van der Waals surface area contributed by atoms with Gasteiger partial charge in [-0.15, -0.1) is 0 Å². The van der Waals surface area contributed by atoms with Gasteiger partial charge in [-0.1, -0.05) is 0 Å². The van der Waals surface area contributed by atoms with Crippen LogP contribution in [0.5, 0.6) is 5.75 Å². The van der Waals surface area contributed by atoms with Crippen LogP contribution in [0.2, 0.25) is 0 Å². The number of hydrogen-bond acceptors (Lipinski definition) is 6. The summed E-state index contributed by atoms with van der Waals surface area (Å²) in [6.07, 6.45) is 3.51. The van der Waals surface area contributed by atoms with Crippen LogP contribution >= 0.6 is 0 Å². The summed E-state index contributed by atoms with van der Waals surface area (Å²) < 4.78 is 12.7. The number of methoxy groups -OCH3 is 1. The third-order valence-electron chi connectivity index (χ3n) is 4.64. The average Bonchev–Trinajstić information content (AvgIpc) is 3.06. The van der Waals surface area contributed by atoms with E-state index >= 15 is 0 Å². The maximum atomic E-state index is 12.3. The van der Waals surface area contributed by atoms with Gasteiger partial charge in [0.2, 0.25) is 0 Å². The number of nitrogen functional groups attached to an aromatic ring is 1. The minimum Gasteiger partial charge on any atom is -0.495 e. The standard InChI is InChI=1S/C20H29N5O3/c1-20(2,3)28-19(26)25-8-6-24(7-9-25)17-11-18(27-5)16(21)10-15(17)14-12-22-23(4)13-14/h10-13H,6-9,21H2,1-5H3. The predicted octanol–water partition coefficient (Wildman–Crippen LogP) is 2.74. The number of amides is 1. The highest BCUT2D eigenvalue weighted by Crippen LogP contribution is 2.38. The summed E-state index contributed by atoms with van der Waals surface area (Å²) in [4.78, 5) is 16.3. The highest BCUT2D eigenvalue weighted by Gasteiger charge is 2.27. The lowest BCUT2D eigenvalue weighted by atomic mass is 10.0. The van der Waals surface area contributed by atoms with Crippen molar-refractivity contribution in [2.45, 2.75) is 26.4 Å². The molecule has 2 aromatic rings. The molecule has 1 aromatic heterocycles. The van der Waals surface area contributed by atoms with Gasteiger partial charge in [0.1, 0.15) is 11.4 Å². The number of rotatable bonds is 3. The van der Waals surface area contributed by atoms with Gasteiger partial charge in [-0.25, -0.2) is 4.79 Å². The number of carbonyl (C=O) groups excluding carboxylic acids is 1. The maximum absolute atomic E-state index is 12.3. The smallest absolute Gasteiger partial charge is 0.410 e. The van der Waals surface area contributed by atoms with E-state index in [1.54, 1.807) is 16.7 Å². The Hall–Kier alpha value is -2.90. The third kappa shape index (κ3) is 4.32. The Morgan fingerprint density at radius 3 is 2.39 bits per heavy atom. The molecule has 2 N–H and O–H groups in total. The van der Waals surface area contributed by atoms with Crippen molar-refractivity contribution < 1.29 is 14.3 Å². The van der Waals surface area contributed by atoms with Crippen LogP contribution in [0.3, 0.4) is 0 Å². The zero-order valence-corrected chi connectivity index (χ0v) is 17.2. The first-order valence-electron chi connectivity index (χ1n) is 9.37. The lowest BCUT2D eigenvalue weighted by molar-refractivity contribution is 0.0240. The topological polar surface area (TPSA) is 85.9 Å². The van der Waals surface area contributed by atoms with E-state index < -0.39 is 5.60 Å². The van der Waals surface area contributed by atoms with Gasteiger partial charge >= 0.3 is 6.09 Å². The fourth-order valence-electron chi connectivity index (χ4n) is 3.27. The molecule has 3 rings (SSSR count). The number of nitrogens with two attached hydrogens (primary N) is 1. The molecule has 0 atom stereocenters. The van der Waals surface area contributed by atoms with Gasteiger partial charge in [0.05, 0.1) is 19.0 Å². The molecule has 28 heavy (non-hydrogen) atoms. The van der Waals surface area contributed by atoms with Gasteiger partial charge in [0, 0.05) is 62.3 Å². The Morgan fingerprint density at radius 2 is 1.86 bits per heavy atom. The molecule has 1 aliphatic rings. The second-order valence-corrected chi connectivity index (χ2v) is 7.97. The molecule has 1 aromatic carbocycles. The van der Waals surface area contributed by atoms with Crippen molar-refractivity contribution in [2.75, 3.05) is 43.9 Å². The van der Waals surface area contributed by atoms with E-state index in [1.165, 1.54) is 0 Å². The molecule has 1 aliphatic heterocycles. The second kappa shape index (κ2) is 7.61. The first-order valence-corrected chi connectivity index (χ1v) is 9.37. The van der Waals surface area contributed by atoms with Crippen LogP contribution < -0.4 is 15.4 Å². The zero-order chi connectivity index (χ0) is 20.5. The van der Waals surface area contributed by atoms with Crippen LogP contribution in [0, 0.1) is 0 Å². The summed E-state index contributed by atoms with van der Waals surface area (Å²) in [6, 6.07) is 3.88. The lowest BCUT2D eigenvalue weighted by Crippen LogP contribution is -2.50. The molecule has 8 heteroatoms. The number of benzene rings is 1. The van der Waals surface area contributed by atoms with Gasteiger partial charge < -0.3 is 25.0 Å². The van der Waals surface area contributed by atoms with Crippen molar-refractivity contribution in [3.63, 3.8) is 0 Å². The Morgan fingerprint density at radius 1 is 1.18 bits per heavy atom. The molecule has 0 spiro atoms. The first-order chi connectivity index (χ1) is 13.2. The van der Waals surface area contributed by atoms with E-state index in [-0.39, 0.29) is 6.09 Å². The molecule has 0 radical (unpaired) electrons. The molecular formula is C20H29N5O3. The molecule has 1 saturated heterocycles. The summed E-state index contributed by atoms with van der Waals surface area (Å²) in [7, 11) is 3.50. The predicted molar refractivity (Wildman–Crippen MR) is 110 cm³/mol. The van der Waals surface area contributed by atoms with E-state index in [1.807, 2.05) is 52.3 Å². The summed E-state index contributed by atoms with van der Waals surface area (Å²) in [6.45, 7) is 8.20. The summed E-state index contributed by atoms with van der Waals surface area (Å²) in [5.74, 6) is 0.636. The van der Waals surface area contributed by atoms with Crippen LogP contribution in [-0.4, -0.2) is 59.7 Å². The molecule has 8 nitrogen and oxygen atoms in total.